The summed E-state index contributed by atoms with van der Waals surface area (Å²) >= 11 is 3.46. The smallest absolute Gasteiger partial charge is 0.256 e. The van der Waals surface area contributed by atoms with E-state index in [1.54, 1.807) is 13.2 Å². The highest BCUT2D eigenvalue weighted by atomic mass is 79.9. The lowest BCUT2D eigenvalue weighted by molar-refractivity contribution is -0.110. The molecule has 2 aromatic carbocycles. The number of rotatable bonds is 4. The third-order valence-corrected chi connectivity index (χ3v) is 4.16. The number of methoxy groups -OCH3 is 1. The number of halogens is 1. The molecule has 0 aliphatic carbocycles. The Morgan fingerprint density at radius 3 is 2.88 bits per heavy atom. The number of para-hydroxylation sites is 1. The van der Waals surface area contributed by atoms with E-state index in [9.17, 15) is 4.79 Å². The van der Waals surface area contributed by atoms with Crippen molar-refractivity contribution in [2.75, 3.05) is 19.0 Å². The Bertz CT molecular complexity index is 881. The molecule has 120 valence electrons. The van der Waals surface area contributed by atoms with Crippen LogP contribution in [0.25, 0.3) is 11.6 Å². The molecule has 0 unspecified atom stereocenters. The first-order valence-corrected chi connectivity index (χ1v) is 7.99. The van der Waals surface area contributed by atoms with Crippen LogP contribution in [-0.4, -0.2) is 19.6 Å². The van der Waals surface area contributed by atoms with Crippen molar-refractivity contribution in [3.05, 3.63) is 52.0 Å². The van der Waals surface area contributed by atoms with Gasteiger partial charge >= 0.3 is 0 Å². The molecule has 0 saturated carbocycles. The molecule has 0 aromatic heterocycles. The molecular formula is C19H14BrNO3. The average Bonchev–Trinajstić information content (AvgIpc) is 2.89. The first kappa shape index (κ1) is 16.2. The topological polar surface area (TPSA) is 47.6 Å². The number of terminal acetylenes is 1. The molecule has 0 saturated heterocycles. The normalized spacial score (nSPS) is 14.0. The van der Waals surface area contributed by atoms with E-state index in [1.165, 1.54) is 0 Å². The van der Waals surface area contributed by atoms with Gasteiger partial charge in [0.15, 0.2) is 11.5 Å². The summed E-state index contributed by atoms with van der Waals surface area (Å²) in [5.74, 6) is 3.37. The molecule has 0 atom stereocenters. The molecule has 4 nitrogen and oxygen atoms in total. The summed E-state index contributed by atoms with van der Waals surface area (Å²) in [6.45, 7) is 0.144. The lowest BCUT2D eigenvalue weighted by Crippen LogP contribution is -2.03. The number of fused-ring (bicyclic) bond motifs is 1. The van der Waals surface area contributed by atoms with E-state index >= 15 is 0 Å². The van der Waals surface area contributed by atoms with Gasteiger partial charge in [-0.3, -0.25) is 4.79 Å². The van der Waals surface area contributed by atoms with Crippen LogP contribution < -0.4 is 14.8 Å². The molecule has 0 fully saturated rings. The maximum absolute atomic E-state index is 12.2. The zero-order valence-corrected chi connectivity index (χ0v) is 14.5. The van der Waals surface area contributed by atoms with Crippen LogP contribution in [0.3, 0.4) is 0 Å². The van der Waals surface area contributed by atoms with E-state index in [-0.39, 0.29) is 12.5 Å². The van der Waals surface area contributed by atoms with E-state index in [4.69, 9.17) is 15.9 Å². The van der Waals surface area contributed by atoms with E-state index in [0.717, 1.165) is 16.8 Å². The molecule has 3 rings (SSSR count). The molecule has 0 bridgehead atoms. The van der Waals surface area contributed by atoms with E-state index in [0.29, 0.717) is 21.5 Å². The number of anilines is 1. The number of nitrogens with one attached hydrogen (secondary N) is 1. The minimum Gasteiger partial charge on any atom is -0.493 e. The molecule has 1 amide bonds. The highest BCUT2D eigenvalue weighted by molar-refractivity contribution is 9.10. The lowest BCUT2D eigenvalue weighted by Gasteiger charge is -2.12. The summed E-state index contributed by atoms with van der Waals surface area (Å²) in [7, 11) is 1.55. The third kappa shape index (κ3) is 3.01. The van der Waals surface area contributed by atoms with Gasteiger partial charge in [-0.1, -0.05) is 24.1 Å². The lowest BCUT2D eigenvalue weighted by atomic mass is 10.0. The highest BCUT2D eigenvalue weighted by Crippen LogP contribution is 2.39. The Labute approximate surface area is 148 Å². The van der Waals surface area contributed by atoms with Gasteiger partial charge in [-0.2, -0.15) is 0 Å². The molecular weight excluding hydrogens is 370 g/mol. The predicted octanol–water partition coefficient (Wildman–Crippen LogP) is 3.96. The van der Waals surface area contributed by atoms with Crippen LogP contribution in [0.5, 0.6) is 11.5 Å². The monoisotopic (exact) mass is 383 g/mol. The van der Waals surface area contributed by atoms with Gasteiger partial charge in [0.2, 0.25) is 0 Å². The van der Waals surface area contributed by atoms with Crippen molar-refractivity contribution >= 4 is 39.2 Å². The minimum atomic E-state index is -0.126. The second-order valence-electron chi connectivity index (χ2n) is 5.08. The summed E-state index contributed by atoms with van der Waals surface area (Å²) < 4.78 is 11.6. The van der Waals surface area contributed by atoms with Crippen LogP contribution in [-0.2, 0) is 4.79 Å². The number of hydrogen-bond acceptors (Lipinski definition) is 3. The third-order valence-electron chi connectivity index (χ3n) is 3.57. The summed E-state index contributed by atoms with van der Waals surface area (Å²) in [5, 5.41) is 2.85. The maximum atomic E-state index is 12.2. The summed E-state index contributed by atoms with van der Waals surface area (Å²) in [6, 6.07) is 11.2. The van der Waals surface area contributed by atoms with Gasteiger partial charge in [-0.25, -0.2) is 0 Å². The molecule has 1 aliphatic rings. The first-order valence-electron chi connectivity index (χ1n) is 7.20. The van der Waals surface area contributed by atoms with Crippen molar-refractivity contribution in [3.8, 4) is 23.8 Å². The molecule has 24 heavy (non-hydrogen) atoms. The SMILES string of the molecule is C#CCOc1c(Br)cc(C=C2C(=O)Nc3ccccc32)cc1OC. The van der Waals surface area contributed by atoms with Crippen molar-refractivity contribution in [2.24, 2.45) is 0 Å². The fourth-order valence-electron chi connectivity index (χ4n) is 2.53. The Morgan fingerprint density at radius 2 is 2.12 bits per heavy atom. The van der Waals surface area contributed by atoms with Crippen LogP contribution in [0.2, 0.25) is 0 Å². The van der Waals surface area contributed by atoms with Crippen LogP contribution in [0.4, 0.5) is 5.69 Å². The zero-order chi connectivity index (χ0) is 17.1. The van der Waals surface area contributed by atoms with Gasteiger partial charge in [-0.15, -0.1) is 6.42 Å². The quantitative estimate of drug-likeness (QED) is 0.641. The predicted molar refractivity (Wildman–Crippen MR) is 98.0 cm³/mol. The van der Waals surface area contributed by atoms with Gasteiger partial charge in [0.25, 0.3) is 5.91 Å². The van der Waals surface area contributed by atoms with Crippen molar-refractivity contribution in [1.29, 1.82) is 0 Å². The zero-order valence-electron chi connectivity index (χ0n) is 12.9. The largest absolute Gasteiger partial charge is 0.493 e. The summed E-state index contributed by atoms with van der Waals surface area (Å²) in [6.07, 6.45) is 7.05. The molecule has 1 N–H and O–H groups in total. The molecule has 1 aliphatic heterocycles. The number of hydrogen-bond donors (Lipinski definition) is 1. The van der Waals surface area contributed by atoms with E-state index in [2.05, 4.69) is 27.2 Å². The van der Waals surface area contributed by atoms with Gasteiger partial charge in [0.05, 0.1) is 11.6 Å². The second kappa shape index (κ2) is 6.81. The van der Waals surface area contributed by atoms with Gasteiger partial charge < -0.3 is 14.8 Å². The summed E-state index contributed by atoms with van der Waals surface area (Å²) in [5.41, 5.74) is 3.12. The number of ether oxygens (including phenoxy) is 2. The van der Waals surface area contributed by atoms with Crippen LogP contribution >= 0.6 is 15.9 Å². The van der Waals surface area contributed by atoms with Crippen LogP contribution in [0.15, 0.2) is 40.9 Å². The van der Waals surface area contributed by atoms with E-state index < -0.39 is 0 Å². The fourth-order valence-corrected chi connectivity index (χ4v) is 3.10. The van der Waals surface area contributed by atoms with Crippen molar-refractivity contribution in [3.63, 3.8) is 0 Å². The van der Waals surface area contributed by atoms with Gasteiger partial charge in [0, 0.05) is 16.8 Å². The van der Waals surface area contributed by atoms with E-state index in [1.807, 2.05) is 36.4 Å². The number of benzene rings is 2. The van der Waals surface area contributed by atoms with Crippen molar-refractivity contribution < 1.29 is 14.3 Å². The Kier molecular flexibility index (Phi) is 4.59. The van der Waals surface area contributed by atoms with Gasteiger partial charge in [0.1, 0.15) is 6.61 Å². The number of amides is 1. The van der Waals surface area contributed by atoms with Gasteiger partial charge in [-0.05, 0) is 45.8 Å². The van der Waals surface area contributed by atoms with Crippen molar-refractivity contribution in [2.45, 2.75) is 0 Å². The Morgan fingerprint density at radius 1 is 1.33 bits per heavy atom. The molecule has 1 heterocycles. The molecule has 5 heteroatoms. The molecule has 0 spiro atoms. The Hall–Kier alpha value is -2.71. The minimum absolute atomic E-state index is 0.126. The van der Waals surface area contributed by atoms with Crippen molar-refractivity contribution in [1.82, 2.24) is 0 Å². The highest BCUT2D eigenvalue weighted by Gasteiger charge is 2.23. The first-order chi connectivity index (χ1) is 11.6. The number of carbonyl (C=O) groups is 1. The summed E-state index contributed by atoms with van der Waals surface area (Å²) in [4.78, 5) is 12.2. The maximum Gasteiger partial charge on any atom is 0.256 e. The Balaban J connectivity index is 2.03. The fraction of sp³-hybridized carbons (Fsp3) is 0.105. The molecule has 2 aromatic rings. The van der Waals surface area contributed by atoms with Crippen LogP contribution in [0.1, 0.15) is 11.1 Å². The average molecular weight is 384 g/mol. The standard InChI is InChI=1S/C19H14BrNO3/c1-3-8-24-18-15(20)10-12(11-17(18)23-2)9-14-13-6-4-5-7-16(13)21-19(14)22/h1,4-7,9-11H,8H2,2H3,(H,21,22). The molecule has 0 radical (unpaired) electrons. The van der Waals surface area contributed by atoms with Crippen LogP contribution in [0, 0.1) is 12.3 Å². The number of carbonyl (C=O) groups excluding carboxylic acids is 1. The second-order valence-corrected chi connectivity index (χ2v) is 5.94.